The second-order valence-corrected chi connectivity index (χ2v) is 3.54. The van der Waals surface area contributed by atoms with Crippen molar-refractivity contribution in [3.8, 4) is 5.75 Å². The Balaban J connectivity index is 3.02. The number of carboxylic acid groups (broad SMARTS) is 2. The van der Waals surface area contributed by atoms with Gasteiger partial charge in [0.1, 0.15) is 18.8 Å². The minimum absolute atomic E-state index is 0.392. The zero-order chi connectivity index (χ0) is 13.5. The van der Waals surface area contributed by atoms with Gasteiger partial charge in [-0.05, 0) is 19.1 Å². The second kappa shape index (κ2) is 6.48. The summed E-state index contributed by atoms with van der Waals surface area (Å²) in [6.07, 6.45) is 0. The number of aliphatic carboxylic acids is 2. The average Bonchev–Trinajstić information content (AvgIpc) is 2.28. The summed E-state index contributed by atoms with van der Waals surface area (Å²) in [5.74, 6) is -1.72. The largest absolute Gasteiger partial charge is 0.492 e. The van der Waals surface area contributed by atoms with Gasteiger partial charge in [-0.25, -0.2) is 0 Å². The number of nitrogens with zero attached hydrogens (tertiary/aromatic N) is 1. The minimum Gasteiger partial charge on any atom is -0.492 e. The highest BCUT2D eigenvalue weighted by Crippen LogP contribution is 2.27. The molecule has 18 heavy (non-hydrogen) atoms. The van der Waals surface area contributed by atoms with E-state index in [1.54, 1.807) is 31.2 Å². The molecule has 0 spiro atoms. The molecule has 0 unspecified atom stereocenters. The Morgan fingerprint density at radius 1 is 1.17 bits per heavy atom. The molecule has 0 saturated heterocycles. The van der Waals surface area contributed by atoms with Gasteiger partial charge >= 0.3 is 11.9 Å². The first-order valence-corrected chi connectivity index (χ1v) is 5.45. The van der Waals surface area contributed by atoms with Gasteiger partial charge in [0.15, 0.2) is 0 Å². The van der Waals surface area contributed by atoms with Gasteiger partial charge in [0.2, 0.25) is 0 Å². The van der Waals surface area contributed by atoms with E-state index in [1.165, 1.54) is 4.90 Å². The molecular weight excluding hydrogens is 238 g/mol. The molecule has 0 bridgehead atoms. The number of hydrogen-bond donors (Lipinski definition) is 2. The Morgan fingerprint density at radius 2 is 1.72 bits per heavy atom. The molecule has 6 heteroatoms. The molecule has 1 rings (SSSR count). The van der Waals surface area contributed by atoms with Crippen LogP contribution in [-0.2, 0) is 9.59 Å². The molecule has 0 heterocycles. The number of benzene rings is 1. The van der Waals surface area contributed by atoms with Gasteiger partial charge in [-0.2, -0.15) is 0 Å². The van der Waals surface area contributed by atoms with Crippen LogP contribution in [0.1, 0.15) is 6.92 Å². The van der Waals surface area contributed by atoms with Crippen molar-refractivity contribution in [2.45, 2.75) is 6.92 Å². The summed E-state index contributed by atoms with van der Waals surface area (Å²) in [4.78, 5) is 22.8. The van der Waals surface area contributed by atoms with E-state index in [1.807, 2.05) is 0 Å². The smallest absolute Gasteiger partial charge is 0.323 e. The number of rotatable bonds is 7. The molecule has 1 aromatic rings. The van der Waals surface area contributed by atoms with Gasteiger partial charge in [0.05, 0.1) is 12.3 Å². The van der Waals surface area contributed by atoms with Gasteiger partial charge < -0.3 is 19.8 Å². The normalized spacial score (nSPS) is 9.83. The minimum atomic E-state index is -1.09. The van der Waals surface area contributed by atoms with Crippen molar-refractivity contribution in [3.05, 3.63) is 24.3 Å². The molecule has 0 amide bonds. The Morgan fingerprint density at radius 3 is 2.22 bits per heavy atom. The zero-order valence-corrected chi connectivity index (χ0v) is 10.00. The van der Waals surface area contributed by atoms with Crippen LogP contribution in [0.25, 0.3) is 0 Å². The van der Waals surface area contributed by atoms with Crippen LogP contribution in [0.2, 0.25) is 0 Å². The standard InChI is InChI=1S/C12H15NO5/c1-2-18-10-6-4-3-5-9(10)13(7-11(14)15)8-12(16)17/h3-6H,2,7-8H2,1H3,(H,14,15)(H,16,17). The lowest BCUT2D eigenvalue weighted by Crippen LogP contribution is -2.34. The molecule has 0 atom stereocenters. The van der Waals surface area contributed by atoms with E-state index in [2.05, 4.69) is 0 Å². The summed E-state index contributed by atoms with van der Waals surface area (Å²) in [6.45, 7) is 1.44. The first-order valence-electron chi connectivity index (χ1n) is 5.45. The van der Waals surface area contributed by atoms with E-state index >= 15 is 0 Å². The first-order chi connectivity index (χ1) is 8.54. The molecule has 0 saturated carbocycles. The third-order valence-corrected chi connectivity index (χ3v) is 2.16. The molecular formula is C12H15NO5. The fourth-order valence-electron chi connectivity index (χ4n) is 1.55. The number of ether oxygens (including phenoxy) is 1. The lowest BCUT2D eigenvalue weighted by Gasteiger charge is -2.23. The summed E-state index contributed by atoms with van der Waals surface area (Å²) < 4.78 is 5.35. The molecule has 0 aromatic heterocycles. The van der Waals surface area contributed by atoms with Gasteiger partial charge in [-0.15, -0.1) is 0 Å². The van der Waals surface area contributed by atoms with E-state index in [0.717, 1.165) is 0 Å². The molecule has 0 aliphatic rings. The highest BCUT2D eigenvalue weighted by molar-refractivity contribution is 5.80. The fourth-order valence-corrected chi connectivity index (χ4v) is 1.55. The first kappa shape index (κ1) is 13.8. The predicted molar refractivity (Wildman–Crippen MR) is 65.1 cm³/mol. The molecule has 2 N–H and O–H groups in total. The molecule has 0 fully saturated rings. The summed E-state index contributed by atoms with van der Waals surface area (Å²) in [6, 6.07) is 6.76. The van der Waals surface area contributed by atoms with Gasteiger partial charge in [-0.1, -0.05) is 12.1 Å². The van der Waals surface area contributed by atoms with E-state index < -0.39 is 25.0 Å². The fraction of sp³-hybridized carbons (Fsp3) is 0.333. The molecule has 6 nitrogen and oxygen atoms in total. The van der Waals surface area contributed by atoms with E-state index in [0.29, 0.717) is 18.0 Å². The maximum Gasteiger partial charge on any atom is 0.323 e. The quantitative estimate of drug-likeness (QED) is 0.755. The second-order valence-electron chi connectivity index (χ2n) is 3.54. The highest BCUT2D eigenvalue weighted by atomic mass is 16.5. The van der Waals surface area contributed by atoms with Crippen LogP contribution in [0.4, 0.5) is 5.69 Å². The molecule has 0 aliphatic carbocycles. The van der Waals surface area contributed by atoms with E-state index in [9.17, 15) is 9.59 Å². The number of anilines is 1. The molecule has 0 aliphatic heterocycles. The Kier molecular flexibility index (Phi) is 4.98. The van der Waals surface area contributed by atoms with Crippen LogP contribution in [-0.4, -0.2) is 41.8 Å². The number of para-hydroxylation sites is 2. The lowest BCUT2D eigenvalue weighted by atomic mass is 10.2. The predicted octanol–water partition coefficient (Wildman–Crippen LogP) is 1.06. The Hall–Kier alpha value is -2.24. The van der Waals surface area contributed by atoms with Gasteiger partial charge in [0.25, 0.3) is 0 Å². The number of hydrogen-bond acceptors (Lipinski definition) is 4. The van der Waals surface area contributed by atoms with Crippen LogP contribution in [0.15, 0.2) is 24.3 Å². The lowest BCUT2D eigenvalue weighted by molar-refractivity contribution is -0.136. The van der Waals surface area contributed by atoms with E-state index in [4.69, 9.17) is 14.9 Å². The summed E-state index contributed by atoms with van der Waals surface area (Å²) in [7, 11) is 0. The Labute approximate surface area is 104 Å². The van der Waals surface area contributed by atoms with Crippen molar-refractivity contribution in [2.75, 3.05) is 24.6 Å². The van der Waals surface area contributed by atoms with Crippen LogP contribution < -0.4 is 9.64 Å². The third kappa shape index (κ3) is 3.97. The van der Waals surface area contributed by atoms with Crippen molar-refractivity contribution < 1.29 is 24.5 Å². The highest BCUT2D eigenvalue weighted by Gasteiger charge is 2.17. The maximum absolute atomic E-state index is 10.8. The number of carboxylic acids is 2. The summed E-state index contributed by atoms with van der Waals surface area (Å²) in [5.41, 5.74) is 0.462. The molecule has 0 radical (unpaired) electrons. The van der Waals surface area contributed by atoms with Crippen LogP contribution in [0.5, 0.6) is 5.75 Å². The average molecular weight is 253 g/mol. The van der Waals surface area contributed by atoms with Crippen molar-refractivity contribution >= 4 is 17.6 Å². The topological polar surface area (TPSA) is 87.1 Å². The van der Waals surface area contributed by atoms with Crippen molar-refractivity contribution in [2.24, 2.45) is 0 Å². The zero-order valence-electron chi connectivity index (χ0n) is 10.00. The monoisotopic (exact) mass is 253 g/mol. The maximum atomic E-state index is 10.8. The van der Waals surface area contributed by atoms with Gasteiger partial charge in [0, 0.05) is 0 Å². The molecule has 1 aromatic carbocycles. The van der Waals surface area contributed by atoms with Crippen LogP contribution in [0.3, 0.4) is 0 Å². The SMILES string of the molecule is CCOc1ccccc1N(CC(=O)O)CC(=O)O. The van der Waals surface area contributed by atoms with Crippen molar-refractivity contribution in [1.29, 1.82) is 0 Å². The van der Waals surface area contributed by atoms with Gasteiger partial charge in [-0.3, -0.25) is 9.59 Å². The third-order valence-electron chi connectivity index (χ3n) is 2.16. The number of carbonyl (C=O) groups is 2. The van der Waals surface area contributed by atoms with Crippen LogP contribution >= 0.6 is 0 Å². The Bertz CT molecular complexity index is 416. The summed E-state index contributed by atoms with van der Waals surface area (Å²) in [5, 5.41) is 17.6. The van der Waals surface area contributed by atoms with Crippen molar-refractivity contribution in [3.63, 3.8) is 0 Å². The van der Waals surface area contributed by atoms with Crippen molar-refractivity contribution in [1.82, 2.24) is 0 Å². The summed E-state index contributed by atoms with van der Waals surface area (Å²) >= 11 is 0. The van der Waals surface area contributed by atoms with E-state index in [-0.39, 0.29) is 0 Å². The van der Waals surface area contributed by atoms with Crippen LogP contribution in [0, 0.1) is 0 Å². The molecule has 98 valence electrons.